The first-order valence-corrected chi connectivity index (χ1v) is 7.53. The van der Waals surface area contributed by atoms with Crippen LogP contribution in [-0.4, -0.2) is 26.0 Å². The van der Waals surface area contributed by atoms with E-state index in [0.717, 1.165) is 5.56 Å². The fourth-order valence-electron chi connectivity index (χ4n) is 2.15. The molecule has 9 nitrogen and oxygen atoms in total. The van der Waals surface area contributed by atoms with Gasteiger partial charge in [-0.3, -0.25) is 10.00 Å². The zero-order valence-electron chi connectivity index (χ0n) is 13.4. The van der Waals surface area contributed by atoms with Crippen molar-refractivity contribution in [3.8, 4) is 17.5 Å². The van der Waals surface area contributed by atoms with Crippen LogP contribution in [-0.2, 0) is 6.54 Å². The van der Waals surface area contributed by atoms with Crippen LogP contribution in [0.3, 0.4) is 0 Å². The molecule has 0 fully saturated rings. The quantitative estimate of drug-likeness (QED) is 0.738. The van der Waals surface area contributed by atoms with Crippen molar-refractivity contribution in [2.75, 3.05) is 10.6 Å². The fourth-order valence-corrected chi connectivity index (χ4v) is 2.15. The van der Waals surface area contributed by atoms with Gasteiger partial charge in [0.25, 0.3) is 0 Å². The second-order valence-corrected chi connectivity index (χ2v) is 5.17. The monoisotopic (exact) mass is 337 g/mol. The van der Waals surface area contributed by atoms with Crippen LogP contribution < -0.4 is 10.6 Å². The number of nitrogens with zero attached hydrogens (tertiary/aromatic N) is 5. The summed E-state index contributed by atoms with van der Waals surface area (Å²) in [5, 5.41) is 21.9. The number of aryl methyl sites for hydroxylation is 2. The van der Waals surface area contributed by atoms with Crippen LogP contribution in [0.1, 0.15) is 12.3 Å². The standard InChI is InChI=1S/C16H15N7O2/c1-11-18-15(22-25-11)12-4-2-5-13(10-12)19-16(24)20-14-6-9-23(21-14)8-3-7-17/h2,4-6,9-10H,3,8H2,1H3,(H2,19,20,21,24). The van der Waals surface area contributed by atoms with Gasteiger partial charge < -0.3 is 9.84 Å². The van der Waals surface area contributed by atoms with E-state index in [0.29, 0.717) is 36.2 Å². The van der Waals surface area contributed by atoms with Crippen molar-refractivity contribution in [2.24, 2.45) is 0 Å². The van der Waals surface area contributed by atoms with E-state index in [9.17, 15) is 4.79 Å². The van der Waals surface area contributed by atoms with Crippen LogP contribution in [0.4, 0.5) is 16.3 Å². The number of nitrogens with one attached hydrogen (secondary N) is 2. The maximum absolute atomic E-state index is 12.1. The molecule has 2 amide bonds. The minimum atomic E-state index is -0.424. The maximum Gasteiger partial charge on any atom is 0.324 e. The third kappa shape index (κ3) is 4.20. The van der Waals surface area contributed by atoms with Crippen LogP contribution in [0.5, 0.6) is 0 Å². The summed E-state index contributed by atoms with van der Waals surface area (Å²) in [4.78, 5) is 16.2. The van der Waals surface area contributed by atoms with Crippen LogP contribution in [0.25, 0.3) is 11.4 Å². The molecule has 9 heteroatoms. The average molecular weight is 337 g/mol. The zero-order chi connectivity index (χ0) is 17.6. The first kappa shape index (κ1) is 16.2. The Balaban J connectivity index is 1.63. The SMILES string of the molecule is Cc1nc(-c2cccc(NC(=O)Nc3ccn(CCC#N)n3)c2)no1. The van der Waals surface area contributed by atoms with E-state index in [-0.39, 0.29) is 0 Å². The molecule has 0 bridgehead atoms. The van der Waals surface area contributed by atoms with Crippen LogP contribution >= 0.6 is 0 Å². The molecule has 2 N–H and O–H groups in total. The van der Waals surface area contributed by atoms with E-state index >= 15 is 0 Å². The summed E-state index contributed by atoms with van der Waals surface area (Å²) in [6.07, 6.45) is 2.06. The summed E-state index contributed by atoms with van der Waals surface area (Å²) in [5.74, 6) is 1.33. The fraction of sp³-hybridized carbons (Fsp3) is 0.188. The van der Waals surface area contributed by atoms with Gasteiger partial charge in [-0.05, 0) is 12.1 Å². The van der Waals surface area contributed by atoms with Crippen molar-refractivity contribution < 1.29 is 9.32 Å². The topological polar surface area (TPSA) is 122 Å². The molecule has 0 saturated heterocycles. The Labute approximate surface area is 143 Å². The minimum Gasteiger partial charge on any atom is -0.339 e. The van der Waals surface area contributed by atoms with Crippen LogP contribution in [0.2, 0.25) is 0 Å². The van der Waals surface area contributed by atoms with Crippen molar-refractivity contribution in [1.29, 1.82) is 5.26 Å². The lowest BCUT2D eigenvalue weighted by Gasteiger charge is -2.06. The molecular weight excluding hydrogens is 322 g/mol. The van der Waals surface area contributed by atoms with Gasteiger partial charge in [0.15, 0.2) is 5.82 Å². The highest BCUT2D eigenvalue weighted by molar-refractivity contribution is 5.99. The largest absolute Gasteiger partial charge is 0.339 e. The van der Waals surface area contributed by atoms with Gasteiger partial charge in [0.05, 0.1) is 19.0 Å². The number of hydrogen-bond acceptors (Lipinski definition) is 6. The molecule has 3 aromatic rings. The smallest absolute Gasteiger partial charge is 0.324 e. The van der Waals surface area contributed by atoms with Gasteiger partial charge in [-0.1, -0.05) is 17.3 Å². The lowest BCUT2D eigenvalue weighted by atomic mass is 10.2. The third-order valence-electron chi connectivity index (χ3n) is 3.24. The van der Waals surface area contributed by atoms with E-state index in [1.165, 1.54) is 0 Å². The molecule has 2 heterocycles. The molecule has 0 aliphatic carbocycles. The molecule has 0 aliphatic heterocycles. The lowest BCUT2D eigenvalue weighted by Crippen LogP contribution is -2.19. The zero-order valence-corrected chi connectivity index (χ0v) is 13.4. The van der Waals surface area contributed by atoms with Gasteiger partial charge in [0.2, 0.25) is 11.7 Å². The molecule has 1 aromatic carbocycles. The summed E-state index contributed by atoms with van der Waals surface area (Å²) in [6.45, 7) is 2.19. The first-order valence-electron chi connectivity index (χ1n) is 7.53. The molecule has 126 valence electrons. The van der Waals surface area contributed by atoms with Gasteiger partial charge in [0, 0.05) is 30.4 Å². The summed E-state index contributed by atoms with van der Waals surface area (Å²) >= 11 is 0. The van der Waals surface area contributed by atoms with Crippen molar-refractivity contribution in [3.05, 3.63) is 42.4 Å². The van der Waals surface area contributed by atoms with Crippen LogP contribution in [0.15, 0.2) is 41.1 Å². The van der Waals surface area contributed by atoms with Gasteiger partial charge in [-0.15, -0.1) is 0 Å². The van der Waals surface area contributed by atoms with E-state index in [2.05, 4.69) is 25.9 Å². The Bertz CT molecular complexity index is 922. The van der Waals surface area contributed by atoms with Gasteiger partial charge in [-0.25, -0.2) is 4.79 Å². The Kier molecular flexibility index (Phi) is 4.71. The summed E-state index contributed by atoms with van der Waals surface area (Å²) < 4.78 is 6.55. The van der Waals surface area contributed by atoms with E-state index in [1.807, 2.05) is 12.1 Å². The molecule has 0 spiro atoms. The molecule has 0 saturated carbocycles. The predicted octanol–water partition coefficient (Wildman–Crippen LogP) is 2.80. The first-order chi connectivity index (χ1) is 12.1. The van der Waals surface area contributed by atoms with E-state index < -0.39 is 6.03 Å². The Morgan fingerprint density at radius 2 is 2.24 bits per heavy atom. The maximum atomic E-state index is 12.1. The summed E-state index contributed by atoms with van der Waals surface area (Å²) in [7, 11) is 0. The molecule has 0 unspecified atom stereocenters. The normalized spacial score (nSPS) is 10.2. The number of anilines is 2. The number of amides is 2. The summed E-state index contributed by atoms with van der Waals surface area (Å²) in [6, 6.07) is 10.4. The van der Waals surface area contributed by atoms with Crippen molar-refractivity contribution in [2.45, 2.75) is 19.9 Å². The highest BCUT2D eigenvalue weighted by Gasteiger charge is 2.09. The molecule has 0 aliphatic rings. The molecule has 2 aromatic heterocycles. The number of carbonyl (C=O) groups excluding carboxylic acids is 1. The second kappa shape index (κ2) is 7.27. The molecule has 25 heavy (non-hydrogen) atoms. The average Bonchev–Trinajstić information content (AvgIpc) is 3.22. The second-order valence-electron chi connectivity index (χ2n) is 5.17. The third-order valence-corrected chi connectivity index (χ3v) is 3.24. The number of urea groups is 1. The number of carbonyl (C=O) groups is 1. The predicted molar refractivity (Wildman–Crippen MR) is 89.6 cm³/mol. The number of rotatable bonds is 5. The van der Waals surface area contributed by atoms with Crippen molar-refractivity contribution in [1.82, 2.24) is 19.9 Å². The number of benzene rings is 1. The van der Waals surface area contributed by atoms with E-state index in [4.69, 9.17) is 9.78 Å². The van der Waals surface area contributed by atoms with Crippen molar-refractivity contribution >= 4 is 17.5 Å². The Morgan fingerprint density at radius 3 is 3.00 bits per heavy atom. The Hall–Kier alpha value is -3.67. The highest BCUT2D eigenvalue weighted by Crippen LogP contribution is 2.20. The summed E-state index contributed by atoms with van der Waals surface area (Å²) in [5.41, 5.74) is 1.32. The van der Waals surface area contributed by atoms with Gasteiger partial charge in [-0.2, -0.15) is 15.3 Å². The number of nitriles is 1. The highest BCUT2D eigenvalue weighted by atomic mass is 16.5. The number of hydrogen-bond donors (Lipinski definition) is 2. The molecule has 0 atom stereocenters. The van der Waals surface area contributed by atoms with Gasteiger partial charge in [0.1, 0.15) is 0 Å². The van der Waals surface area contributed by atoms with Crippen LogP contribution in [0, 0.1) is 18.3 Å². The molecule has 3 rings (SSSR count). The lowest BCUT2D eigenvalue weighted by molar-refractivity contribution is 0.262. The van der Waals surface area contributed by atoms with E-state index in [1.54, 1.807) is 42.1 Å². The number of aromatic nitrogens is 4. The van der Waals surface area contributed by atoms with Gasteiger partial charge >= 0.3 is 6.03 Å². The Morgan fingerprint density at radius 1 is 1.36 bits per heavy atom. The molecular formula is C16H15N7O2. The van der Waals surface area contributed by atoms with Crippen molar-refractivity contribution in [3.63, 3.8) is 0 Å². The molecule has 0 radical (unpaired) electrons. The minimum absolute atomic E-state index is 0.357.